The molecule has 5 heteroatoms. The van der Waals surface area contributed by atoms with Crippen molar-refractivity contribution < 1.29 is 9.53 Å². The molecule has 0 saturated carbocycles. The number of ether oxygens (including phenoxy) is 1. The Morgan fingerprint density at radius 3 is 3.23 bits per heavy atom. The molecule has 1 aliphatic heterocycles. The van der Waals surface area contributed by atoms with Crippen LogP contribution in [0.25, 0.3) is 0 Å². The van der Waals surface area contributed by atoms with Gasteiger partial charge in [-0.3, -0.25) is 9.79 Å². The van der Waals surface area contributed by atoms with E-state index in [1.807, 2.05) is 0 Å². The van der Waals surface area contributed by atoms with Crippen LogP contribution in [-0.2, 0) is 0 Å². The molecule has 1 aromatic heterocycles. The standard InChI is InChI=1S/C8H7N3O2/c9-7(12)5-1-2-11-8-6(5)10-3-4-13-8/h1-3H,4H2,(H2,9,12). The van der Waals surface area contributed by atoms with Crippen LogP contribution in [0.5, 0.6) is 5.88 Å². The lowest BCUT2D eigenvalue weighted by atomic mass is 10.2. The molecule has 1 aromatic rings. The fourth-order valence-electron chi connectivity index (χ4n) is 1.11. The van der Waals surface area contributed by atoms with Crippen LogP contribution in [0.1, 0.15) is 10.4 Å². The molecule has 0 fully saturated rings. The fraction of sp³-hybridized carbons (Fsp3) is 0.125. The molecule has 1 aliphatic rings. The summed E-state index contributed by atoms with van der Waals surface area (Å²) < 4.78 is 5.15. The second kappa shape index (κ2) is 2.85. The van der Waals surface area contributed by atoms with Crippen molar-refractivity contribution in [3.63, 3.8) is 0 Å². The Morgan fingerprint density at radius 2 is 2.46 bits per heavy atom. The topological polar surface area (TPSA) is 77.6 Å². The van der Waals surface area contributed by atoms with E-state index in [-0.39, 0.29) is 0 Å². The number of aromatic nitrogens is 1. The number of carbonyl (C=O) groups excluding carboxylic acids is 1. The van der Waals surface area contributed by atoms with Crippen LogP contribution in [0.2, 0.25) is 0 Å². The van der Waals surface area contributed by atoms with Gasteiger partial charge in [-0.2, -0.15) is 0 Å². The van der Waals surface area contributed by atoms with E-state index in [0.29, 0.717) is 23.7 Å². The molecule has 66 valence electrons. The van der Waals surface area contributed by atoms with Gasteiger partial charge in [-0.1, -0.05) is 0 Å². The highest BCUT2D eigenvalue weighted by atomic mass is 16.5. The van der Waals surface area contributed by atoms with Gasteiger partial charge in [0, 0.05) is 12.4 Å². The molecule has 0 aliphatic carbocycles. The lowest BCUT2D eigenvalue weighted by molar-refractivity contribution is 0.100. The molecule has 2 heterocycles. The Labute approximate surface area is 74.3 Å². The van der Waals surface area contributed by atoms with Crippen molar-refractivity contribution in [1.82, 2.24) is 4.98 Å². The summed E-state index contributed by atoms with van der Waals surface area (Å²) in [6, 6.07) is 1.52. The van der Waals surface area contributed by atoms with Crippen LogP contribution in [0.15, 0.2) is 17.3 Å². The summed E-state index contributed by atoms with van der Waals surface area (Å²) in [6.45, 7) is 0.377. The number of carbonyl (C=O) groups is 1. The summed E-state index contributed by atoms with van der Waals surface area (Å²) in [5.41, 5.74) is 5.89. The van der Waals surface area contributed by atoms with E-state index >= 15 is 0 Å². The van der Waals surface area contributed by atoms with Gasteiger partial charge in [0.15, 0.2) is 0 Å². The first-order chi connectivity index (χ1) is 6.29. The van der Waals surface area contributed by atoms with Crippen molar-refractivity contribution in [2.75, 3.05) is 6.61 Å². The van der Waals surface area contributed by atoms with Gasteiger partial charge in [0.05, 0.1) is 5.56 Å². The zero-order valence-electron chi connectivity index (χ0n) is 6.73. The highest BCUT2D eigenvalue weighted by molar-refractivity contribution is 5.99. The highest BCUT2D eigenvalue weighted by Gasteiger charge is 2.15. The Morgan fingerprint density at radius 1 is 1.62 bits per heavy atom. The Hall–Kier alpha value is -1.91. The third-order valence-electron chi connectivity index (χ3n) is 1.67. The molecule has 5 nitrogen and oxygen atoms in total. The van der Waals surface area contributed by atoms with Gasteiger partial charge < -0.3 is 10.5 Å². The number of fused-ring (bicyclic) bond motifs is 1. The van der Waals surface area contributed by atoms with E-state index < -0.39 is 5.91 Å². The van der Waals surface area contributed by atoms with Gasteiger partial charge in [-0.25, -0.2) is 4.98 Å². The van der Waals surface area contributed by atoms with Crippen LogP contribution < -0.4 is 10.5 Å². The van der Waals surface area contributed by atoms with E-state index in [4.69, 9.17) is 10.5 Å². The molecular formula is C8H7N3O2. The lowest BCUT2D eigenvalue weighted by Gasteiger charge is -2.11. The number of nitrogens with two attached hydrogens (primary N) is 1. The first-order valence-corrected chi connectivity index (χ1v) is 3.73. The maximum Gasteiger partial charge on any atom is 0.251 e. The van der Waals surface area contributed by atoms with Crippen molar-refractivity contribution in [1.29, 1.82) is 0 Å². The fourth-order valence-corrected chi connectivity index (χ4v) is 1.11. The third kappa shape index (κ3) is 1.24. The van der Waals surface area contributed by atoms with Gasteiger partial charge in [-0.05, 0) is 6.07 Å². The number of aliphatic imine (C=N–C) groups is 1. The quantitative estimate of drug-likeness (QED) is 0.669. The van der Waals surface area contributed by atoms with E-state index in [2.05, 4.69) is 9.98 Å². The molecule has 13 heavy (non-hydrogen) atoms. The summed E-state index contributed by atoms with van der Waals surface area (Å²) in [5.74, 6) is -0.167. The van der Waals surface area contributed by atoms with Crippen molar-refractivity contribution in [2.24, 2.45) is 10.7 Å². The van der Waals surface area contributed by atoms with Crippen molar-refractivity contribution >= 4 is 17.8 Å². The normalized spacial score (nSPS) is 13.2. The minimum Gasteiger partial charge on any atom is -0.470 e. The second-order valence-electron chi connectivity index (χ2n) is 2.50. The van der Waals surface area contributed by atoms with Gasteiger partial charge in [0.2, 0.25) is 5.88 Å². The smallest absolute Gasteiger partial charge is 0.251 e. The average molecular weight is 177 g/mol. The molecule has 0 bridgehead atoms. The van der Waals surface area contributed by atoms with E-state index in [9.17, 15) is 4.79 Å². The van der Waals surface area contributed by atoms with Gasteiger partial charge in [-0.15, -0.1) is 0 Å². The van der Waals surface area contributed by atoms with Crippen molar-refractivity contribution in [3.8, 4) is 5.88 Å². The van der Waals surface area contributed by atoms with E-state index in [1.54, 1.807) is 6.21 Å². The maximum absolute atomic E-state index is 10.9. The summed E-state index contributed by atoms with van der Waals surface area (Å²) in [6.07, 6.45) is 3.04. The molecule has 1 amide bonds. The predicted molar refractivity (Wildman–Crippen MR) is 46.4 cm³/mol. The Kier molecular flexibility index (Phi) is 1.70. The number of nitrogens with zero attached hydrogens (tertiary/aromatic N) is 2. The third-order valence-corrected chi connectivity index (χ3v) is 1.67. The van der Waals surface area contributed by atoms with Gasteiger partial charge in [0.1, 0.15) is 12.3 Å². The number of pyridine rings is 1. The minimum absolute atomic E-state index is 0.334. The van der Waals surface area contributed by atoms with E-state index in [0.717, 1.165) is 0 Å². The Bertz CT molecular complexity index is 387. The van der Waals surface area contributed by atoms with Gasteiger partial charge >= 0.3 is 0 Å². The molecule has 0 atom stereocenters. The van der Waals surface area contributed by atoms with Crippen molar-refractivity contribution in [2.45, 2.75) is 0 Å². The summed E-state index contributed by atoms with van der Waals surface area (Å²) in [5, 5.41) is 0. The largest absolute Gasteiger partial charge is 0.470 e. The van der Waals surface area contributed by atoms with Gasteiger partial charge in [0.25, 0.3) is 5.91 Å². The average Bonchev–Trinajstić information content (AvgIpc) is 2.17. The van der Waals surface area contributed by atoms with Crippen LogP contribution in [0.3, 0.4) is 0 Å². The number of primary amides is 1. The van der Waals surface area contributed by atoms with E-state index in [1.165, 1.54) is 12.3 Å². The first-order valence-electron chi connectivity index (χ1n) is 3.73. The molecule has 0 unspecified atom stereocenters. The molecule has 2 rings (SSSR count). The highest BCUT2D eigenvalue weighted by Crippen LogP contribution is 2.30. The second-order valence-corrected chi connectivity index (χ2v) is 2.50. The number of hydrogen-bond donors (Lipinski definition) is 1. The molecule has 0 radical (unpaired) electrons. The molecule has 0 saturated heterocycles. The zero-order chi connectivity index (χ0) is 9.26. The summed E-state index contributed by atoms with van der Waals surface area (Å²) in [7, 11) is 0. The predicted octanol–water partition coefficient (Wildman–Crippen LogP) is 0.275. The van der Waals surface area contributed by atoms with Crippen LogP contribution >= 0.6 is 0 Å². The molecule has 0 aromatic carbocycles. The SMILES string of the molecule is NC(=O)c1ccnc2c1N=CCO2. The number of amides is 1. The maximum atomic E-state index is 10.9. The van der Waals surface area contributed by atoms with Crippen LogP contribution in [-0.4, -0.2) is 23.7 Å². The molecular weight excluding hydrogens is 170 g/mol. The van der Waals surface area contributed by atoms with Crippen LogP contribution in [0.4, 0.5) is 5.69 Å². The monoisotopic (exact) mass is 177 g/mol. The summed E-state index contributed by atoms with van der Waals surface area (Å²) >= 11 is 0. The van der Waals surface area contributed by atoms with Crippen molar-refractivity contribution in [3.05, 3.63) is 17.8 Å². The molecule has 0 spiro atoms. The summed E-state index contributed by atoms with van der Waals surface area (Å²) in [4.78, 5) is 18.9. The lowest BCUT2D eigenvalue weighted by Crippen LogP contribution is -2.14. The number of hydrogen-bond acceptors (Lipinski definition) is 4. The minimum atomic E-state index is -0.527. The number of rotatable bonds is 1. The van der Waals surface area contributed by atoms with Crippen LogP contribution in [0, 0.1) is 0 Å². The Balaban J connectivity index is 2.60. The first kappa shape index (κ1) is 7.72. The molecule has 2 N–H and O–H groups in total. The zero-order valence-corrected chi connectivity index (χ0v) is 6.73.